The summed E-state index contributed by atoms with van der Waals surface area (Å²) in [5.41, 5.74) is 0.261. The normalized spacial score (nSPS) is 17.0. The maximum absolute atomic E-state index is 13.1. The first kappa shape index (κ1) is 21.4. The lowest BCUT2D eigenvalue weighted by Gasteiger charge is -2.12. The van der Waals surface area contributed by atoms with Crippen LogP contribution in [0.5, 0.6) is 0 Å². The Kier molecular flexibility index (Phi) is 6.13. The molecule has 0 N–H and O–H groups in total. The van der Waals surface area contributed by atoms with Gasteiger partial charge in [0.2, 0.25) is 0 Å². The van der Waals surface area contributed by atoms with Gasteiger partial charge in [0.15, 0.2) is 5.17 Å². The molecule has 11 heteroatoms. The van der Waals surface area contributed by atoms with Crippen molar-refractivity contribution in [2.24, 2.45) is 4.40 Å². The van der Waals surface area contributed by atoms with Crippen molar-refractivity contribution < 1.29 is 22.5 Å². The second-order valence-electron chi connectivity index (χ2n) is 5.97. The third kappa shape index (κ3) is 4.63. The highest BCUT2D eigenvalue weighted by Gasteiger charge is 2.34. The standard InChI is InChI=1S/C19H14FN3O5S2/c1-2-10-22-18(24)17(12-13-4-3-5-15(11-13)23(25)26)29-19(22)21-30(27,28)16-8-6-14(20)7-9-16/h2-9,11-12H,1,10H2/b17-12-,21-19?. The molecule has 0 atom stereocenters. The number of rotatable bonds is 6. The van der Waals surface area contributed by atoms with Gasteiger partial charge in [-0.05, 0) is 47.7 Å². The quantitative estimate of drug-likeness (QED) is 0.290. The van der Waals surface area contributed by atoms with E-state index in [1.807, 2.05) is 0 Å². The van der Waals surface area contributed by atoms with E-state index in [1.165, 1.54) is 30.4 Å². The lowest BCUT2D eigenvalue weighted by molar-refractivity contribution is -0.384. The second kappa shape index (κ2) is 8.59. The van der Waals surface area contributed by atoms with Gasteiger partial charge in [-0.25, -0.2) is 4.39 Å². The van der Waals surface area contributed by atoms with Crippen LogP contribution in [0.25, 0.3) is 6.08 Å². The van der Waals surface area contributed by atoms with Crippen LogP contribution in [0.1, 0.15) is 5.56 Å². The van der Waals surface area contributed by atoms with E-state index in [2.05, 4.69) is 11.0 Å². The molecule has 1 saturated heterocycles. The fourth-order valence-electron chi connectivity index (χ4n) is 2.51. The monoisotopic (exact) mass is 447 g/mol. The molecule has 1 amide bonds. The zero-order valence-corrected chi connectivity index (χ0v) is 16.9. The highest BCUT2D eigenvalue weighted by Crippen LogP contribution is 2.34. The van der Waals surface area contributed by atoms with Crippen LogP contribution >= 0.6 is 11.8 Å². The first-order valence-corrected chi connectivity index (χ1v) is 10.6. The van der Waals surface area contributed by atoms with Crippen LogP contribution in [0, 0.1) is 15.9 Å². The van der Waals surface area contributed by atoms with Crippen LogP contribution in [-0.4, -0.2) is 35.9 Å². The fourth-order valence-corrected chi connectivity index (χ4v) is 4.70. The minimum Gasteiger partial charge on any atom is -0.282 e. The van der Waals surface area contributed by atoms with Crippen LogP contribution < -0.4 is 0 Å². The number of amides is 1. The summed E-state index contributed by atoms with van der Waals surface area (Å²) in [6.45, 7) is 3.56. The first-order chi connectivity index (χ1) is 14.2. The minimum absolute atomic E-state index is 0.00980. The molecule has 154 valence electrons. The Hall–Kier alpha value is -3.31. The third-order valence-electron chi connectivity index (χ3n) is 3.89. The highest BCUT2D eigenvalue weighted by molar-refractivity contribution is 8.19. The molecule has 1 fully saturated rings. The fraction of sp³-hybridized carbons (Fsp3) is 0.0526. The Morgan fingerprint density at radius 1 is 1.23 bits per heavy atom. The maximum atomic E-state index is 13.1. The Morgan fingerprint density at radius 2 is 1.93 bits per heavy atom. The van der Waals surface area contributed by atoms with Crippen LogP contribution in [0.2, 0.25) is 0 Å². The van der Waals surface area contributed by atoms with Gasteiger partial charge in [-0.15, -0.1) is 11.0 Å². The van der Waals surface area contributed by atoms with Gasteiger partial charge < -0.3 is 0 Å². The van der Waals surface area contributed by atoms with Crippen LogP contribution in [-0.2, 0) is 14.8 Å². The molecule has 1 aliphatic heterocycles. The molecule has 0 aromatic heterocycles. The van der Waals surface area contributed by atoms with Gasteiger partial charge in [-0.2, -0.15) is 8.42 Å². The van der Waals surface area contributed by atoms with Crippen molar-refractivity contribution >= 4 is 44.6 Å². The van der Waals surface area contributed by atoms with Crippen LogP contribution in [0.15, 0.2) is 75.4 Å². The average Bonchev–Trinajstić information content (AvgIpc) is 2.97. The zero-order valence-electron chi connectivity index (χ0n) is 15.3. The van der Waals surface area contributed by atoms with Crippen LogP contribution in [0.4, 0.5) is 10.1 Å². The van der Waals surface area contributed by atoms with Crippen molar-refractivity contribution in [3.05, 3.63) is 87.6 Å². The number of halogens is 1. The number of nitro benzene ring substituents is 1. The third-order valence-corrected chi connectivity index (χ3v) is 6.29. The predicted octanol–water partition coefficient (Wildman–Crippen LogP) is 3.58. The lowest BCUT2D eigenvalue weighted by Crippen LogP contribution is -2.29. The van der Waals surface area contributed by atoms with E-state index in [4.69, 9.17) is 0 Å². The number of carbonyl (C=O) groups is 1. The molecule has 2 aromatic rings. The number of nitro groups is 1. The highest BCUT2D eigenvalue weighted by atomic mass is 32.2. The topological polar surface area (TPSA) is 110 Å². The van der Waals surface area contributed by atoms with Crippen molar-refractivity contribution in [3.63, 3.8) is 0 Å². The van der Waals surface area contributed by atoms with E-state index in [9.17, 15) is 27.7 Å². The summed E-state index contributed by atoms with van der Waals surface area (Å²) in [7, 11) is -4.19. The molecule has 3 rings (SSSR count). The number of non-ortho nitro benzene ring substituents is 1. The van der Waals surface area contributed by atoms with Crippen molar-refractivity contribution in [1.29, 1.82) is 0 Å². The van der Waals surface area contributed by atoms with E-state index >= 15 is 0 Å². The van der Waals surface area contributed by atoms with Gasteiger partial charge >= 0.3 is 0 Å². The molecule has 30 heavy (non-hydrogen) atoms. The van der Waals surface area contributed by atoms with Gasteiger partial charge in [-0.3, -0.25) is 19.8 Å². The van der Waals surface area contributed by atoms with Crippen molar-refractivity contribution in [1.82, 2.24) is 4.90 Å². The average molecular weight is 447 g/mol. The number of nitrogens with zero attached hydrogens (tertiary/aromatic N) is 3. The molecule has 0 spiro atoms. The molecular weight excluding hydrogens is 433 g/mol. The predicted molar refractivity (Wildman–Crippen MR) is 112 cm³/mol. The van der Waals surface area contributed by atoms with E-state index in [0.29, 0.717) is 5.56 Å². The summed E-state index contributed by atoms with van der Waals surface area (Å²) in [5.74, 6) is -1.11. The molecule has 1 heterocycles. The zero-order chi connectivity index (χ0) is 21.9. The summed E-state index contributed by atoms with van der Waals surface area (Å²) in [5, 5.41) is 10.8. The van der Waals surface area contributed by atoms with E-state index in [-0.39, 0.29) is 27.2 Å². The van der Waals surface area contributed by atoms with Gasteiger partial charge in [0.25, 0.3) is 21.6 Å². The van der Waals surface area contributed by atoms with E-state index < -0.39 is 26.7 Å². The number of thioether (sulfide) groups is 1. The molecule has 0 saturated carbocycles. The molecule has 2 aromatic carbocycles. The minimum atomic E-state index is -4.19. The van der Waals surface area contributed by atoms with Crippen molar-refractivity contribution in [2.75, 3.05) is 6.54 Å². The number of hydrogen-bond acceptors (Lipinski definition) is 6. The maximum Gasteiger partial charge on any atom is 0.284 e. The number of hydrogen-bond donors (Lipinski definition) is 0. The van der Waals surface area contributed by atoms with Crippen LogP contribution in [0.3, 0.4) is 0 Å². The number of sulfonamides is 1. The van der Waals surface area contributed by atoms with Crippen molar-refractivity contribution in [3.8, 4) is 0 Å². The van der Waals surface area contributed by atoms with Gasteiger partial charge in [-0.1, -0.05) is 18.2 Å². The largest absolute Gasteiger partial charge is 0.284 e. The lowest BCUT2D eigenvalue weighted by atomic mass is 10.2. The molecule has 0 radical (unpaired) electrons. The Bertz CT molecular complexity index is 1190. The summed E-state index contributed by atoms with van der Waals surface area (Å²) in [6, 6.07) is 9.81. The van der Waals surface area contributed by atoms with Crippen molar-refractivity contribution in [2.45, 2.75) is 4.90 Å². The molecule has 0 unspecified atom stereocenters. The molecule has 1 aliphatic rings. The molecule has 8 nitrogen and oxygen atoms in total. The Labute approximate surface area is 175 Å². The van der Waals surface area contributed by atoms with Gasteiger partial charge in [0, 0.05) is 18.7 Å². The second-order valence-corrected chi connectivity index (χ2v) is 8.58. The van der Waals surface area contributed by atoms with E-state index in [1.54, 1.807) is 6.07 Å². The first-order valence-electron chi connectivity index (χ1n) is 8.38. The summed E-state index contributed by atoms with van der Waals surface area (Å²) in [4.78, 5) is 24.2. The molecular formula is C19H14FN3O5S2. The molecule has 0 aliphatic carbocycles. The Morgan fingerprint density at radius 3 is 2.57 bits per heavy atom. The van der Waals surface area contributed by atoms with Gasteiger partial charge in [0.1, 0.15) is 5.82 Å². The van der Waals surface area contributed by atoms with E-state index in [0.717, 1.165) is 40.9 Å². The Balaban J connectivity index is 1.99. The summed E-state index contributed by atoms with van der Waals surface area (Å²) >= 11 is 0.817. The molecule has 0 bridgehead atoms. The number of amidine groups is 1. The SMILES string of the molecule is C=CCN1C(=O)/C(=C/c2cccc([N+](=O)[O-])c2)SC1=NS(=O)(=O)c1ccc(F)cc1. The number of carbonyl (C=O) groups excluding carboxylic acids is 1. The van der Waals surface area contributed by atoms with Gasteiger partial charge in [0.05, 0.1) is 14.7 Å². The number of benzene rings is 2. The summed E-state index contributed by atoms with van der Waals surface area (Å²) < 4.78 is 41.9. The summed E-state index contributed by atoms with van der Waals surface area (Å²) in [6.07, 6.45) is 2.83. The smallest absolute Gasteiger partial charge is 0.282 e.